The maximum atomic E-state index is 6.67. The van der Waals surface area contributed by atoms with Crippen molar-refractivity contribution >= 4 is 43.7 Å². The maximum Gasteiger partial charge on any atom is 0.228 e. The van der Waals surface area contributed by atoms with Crippen molar-refractivity contribution in [2.75, 3.05) is 0 Å². The van der Waals surface area contributed by atoms with Crippen LogP contribution in [0.2, 0.25) is 0 Å². The summed E-state index contributed by atoms with van der Waals surface area (Å²) in [6.45, 7) is 8.89. The average molecular weight is 449 g/mol. The van der Waals surface area contributed by atoms with Crippen LogP contribution in [-0.2, 0) is 13.5 Å². The molecule has 0 radical (unpaired) electrons. The van der Waals surface area contributed by atoms with E-state index in [0.29, 0.717) is 0 Å². The van der Waals surface area contributed by atoms with Gasteiger partial charge in [-0.1, -0.05) is 32.9 Å². The molecule has 168 valence electrons. The molecule has 4 nitrogen and oxygen atoms in total. The van der Waals surface area contributed by atoms with Gasteiger partial charge in [0.05, 0.1) is 11.8 Å². The van der Waals surface area contributed by atoms with Crippen LogP contribution >= 0.6 is 0 Å². The Labute approximate surface area is 197 Å². The summed E-state index contributed by atoms with van der Waals surface area (Å²) in [7, 11) is 2.08. The van der Waals surface area contributed by atoms with E-state index in [1.165, 1.54) is 5.56 Å². The lowest BCUT2D eigenvalue weighted by molar-refractivity contribution is -0.659. The Morgan fingerprint density at radius 3 is 2.59 bits per heavy atom. The van der Waals surface area contributed by atoms with E-state index in [4.69, 9.17) is 13.6 Å². The van der Waals surface area contributed by atoms with Gasteiger partial charge in [-0.3, -0.25) is 0 Å². The number of rotatable bonds is 1. The zero-order chi connectivity index (χ0) is 23.4. The molecular formula is C30H26NO3+. The third-order valence-corrected chi connectivity index (χ3v) is 7.01. The number of benzene rings is 3. The predicted molar refractivity (Wildman–Crippen MR) is 136 cm³/mol. The van der Waals surface area contributed by atoms with Crippen molar-refractivity contribution in [3.05, 3.63) is 66.1 Å². The van der Waals surface area contributed by atoms with Crippen LogP contribution in [0.25, 0.3) is 54.9 Å². The lowest BCUT2D eigenvalue weighted by atomic mass is 9.88. The number of fused-ring (bicyclic) bond motifs is 7. The van der Waals surface area contributed by atoms with Gasteiger partial charge in [0.25, 0.3) is 0 Å². The van der Waals surface area contributed by atoms with E-state index in [0.717, 1.165) is 78.4 Å². The standard InChI is InChI=1S/C30H26NO3/c1-16-24-23(14-19-9-11-32-27(16)19)34-29-25-18(8-10-31(5)26(24)25)13-21-20-7-6-17(15-30(2,3)4)12-22(20)33-28(21)29/h6-14H,15H2,1-5H3/q+1. The van der Waals surface area contributed by atoms with Crippen molar-refractivity contribution in [3.8, 4) is 22.8 Å². The molecule has 7 rings (SSSR count). The van der Waals surface area contributed by atoms with Crippen molar-refractivity contribution in [1.29, 1.82) is 0 Å². The summed E-state index contributed by atoms with van der Waals surface area (Å²) in [6.07, 6.45) is 4.86. The molecule has 3 aromatic heterocycles. The molecule has 0 aliphatic carbocycles. The Kier molecular flexibility index (Phi) is 3.71. The summed E-state index contributed by atoms with van der Waals surface area (Å²) in [5.74, 6) is 1.63. The van der Waals surface area contributed by atoms with Gasteiger partial charge in [0, 0.05) is 27.8 Å². The highest BCUT2D eigenvalue weighted by Gasteiger charge is 2.33. The second-order valence-corrected chi connectivity index (χ2v) is 10.8. The minimum absolute atomic E-state index is 0.215. The molecule has 0 spiro atoms. The van der Waals surface area contributed by atoms with Crippen LogP contribution in [-0.4, -0.2) is 0 Å². The van der Waals surface area contributed by atoms with Crippen LogP contribution < -0.4 is 9.30 Å². The SMILES string of the molecule is Cc1c2c(cc3ccoc13)Oc1c3oc4cc(CC(C)(C)C)ccc4c3cc3cc[n+](C)c-2c13. The summed E-state index contributed by atoms with van der Waals surface area (Å²) < 4.78 is 21.2. The van der Waals surface area contributed by atoms with Gasteiger partial charge < -0.3 is 13.6 Å². The predicted octanol–water partition coefficient (Wildman–Crippen LogP) is 7.98. The van der Waals surface area contributed by atoms with Crippen molar-refractivity contribution in [3.63, 3.8) is 0 Å². The lowest BCUT2D eigenvalue weighted by Gasteiger charge is -2.20. The van der Waals surface area contributed by atoms with Crippen molar-refractivity contribution in [1.82, 2.24) is 0 Å². The smallest absolute Gasteiger partial charge is 0.228 e. The van der Waals surface area contributed by atoms with Crippen LogP contribution in [0, 0.1) is 12.3 Å². The van der Waals surface area contributed by atoms with Gasteiger partial charge in [-0.15, -0.1) is 0 Å². The molecule has 1 aliphatic rings. The molecule has 0 saturated carbocycles. The minimum atomic E-state index is 0.215. The van der Waals surface area contributed by atoms with Crippen LogP contribution in [0.15, 0.2) is 63.8 Å². The maximum absolute atomic E-state index is 6.67. The third-order valence-electron chi connectivity index (χ3n) is 7.01. The molecule has 6 aromatic rings. The number of furan rings is 2. The first kappa shape index (κ1) is 19.7. The van der Waals surface area contributed by atoms with Crippen LogP contribution in [0.3, 0.4) is 0 Å². The fraction of sp³-hybridized carbons (Fsp3) is 0.233. The van der Waals surface area contributed by atoms with Crippen molar-refractivity contribution in [2.24, 2.45) is 12.5 Å². The molecule has 0 N–H and O–H groups in total. The molecule has 3 aromatic carbocycles. The highest BCUT2D eigenvalue weighted by Crippen LogP contribution is 2.52. The average Bonchev–Trinajstić information content (AvgIpc) is 3.39. The van der Waals surface area contributed by atoms with Gasteiger partial charge in [0.2, 0.25) is 5.69 Å². The molecule has 34 heavy (non-hydrogen) atoms. The first-order valence-electron chi connectivity index (χ1n) is 11.8. The molecule has 0 fully saturated rings. The number of nitrogens with zero attached hydrogens (tertiary/aromatic N) is 1. The first-order chi connectivity index (χ1) is 16.3. The number of hydrogen-bond acceptors (Lipinski definition) is 3. The monoisotopic (exact) mass is 448 g/mol. The van der Waals surface area contributed by atoms with E-state index in [9.17, 15) is 0 Å². The summed E-state index contributed by atoms with van der Waals surface area (Å²) in [4.78, 5) is 0. The van der Waals surface area contributed by atoms with E-state index in [1.807, 2.05) is 6.07 Å². The molecule has 1 aliphatic heterocycles. The zero-order valence-electron chi connectivity index (χ0n) is 20.1. The third kappa shape index (κ3) is 2.62. The fourth-order valence-electron chi connectivity index (χ4n) is 5.62. The van der Waals surface area contributed by atoms with Crippen LogP contribution in [0.5, 0.6) is 11.5 Å². The molecule has 0 atom stereocenters. The van der Waals surface area contributed by atoms with Crippen molar-refractivity contribution < 1.29 is 18.1 Å². The fourth-order valence-corrected chi connectivity index (χ4v) is 5.62. The van der Waals surface area contributed by atoms with E-state index in [1.54, 1.807) is 6.26 Å². The Balaban J connectivity index is 1.58. The van der Waals surface area contributed by atoms with E-state index < -0.39 is 0 Å². The van der Waals surface area contributed by atoms with Gasteiger partial charge in [-0.25, -0.2) is 4.57 Å². The van der Waals surface area contributed by atoms with Crippen LogP contribution in [0.4, 0.5) is 0 Å². The second-order valence-electron chi connectivity index (χ2n) is 10.8. The van der Waals surface area contributed by atoms with Crippen LogP contribution in [0.1, 0.15) is 31.9 Å². The van der Waals surface area contributed by atoms with Crippen molar-refractivity contribution in [2.45, 2.75) is 34.1 Å². The highest BCUT2D eigenvalue weighted by molar-refractivity contribution is 6.17. The van der Waals surface area contributed by atoms with E-state index >= 15 is 0 Å². The van der Waals surface area contributed by atoms with E-state index in [-0.39, 0.29) is 5.41 Å². The van der Waals surface area contributed by atoms with Gasteiger partial charge >= 0.3 is 0 Å². The quantitative estimate of drug-likeness (QED) is 0.239. The van der Waals surface area contributed by atoms with E-state index in [2.05, 4.69) is 81.9 Å². The lowest BCUT2D eigenvalue weighted by Crippen LogP contribution is -2.31. The number of pyridine rings is 1. The Morgan fingerprint density at radius 2 is 1.76 bits per heavy atom. The van der Waals surface area contributed by atoms with Gasteiger partial charge in [0.15, 0.2) is 17.5 Å². The summed E-state index contributed by atoms with van der Waals surface area (Å²) in [5, 5.41) is 5.47. The molecule has 4 heteroatoms. The zero-order valence-corrected chi connectivity index (χ0v) is 20.1. The highest BCUT2D eigenvalue weighted by atomic mass is 16.5. The Bertz CT molecular complexity index is 1810. The summed E-state index contributed by atoms with van der Waals surface area (Å²) in [5.41, 5.74) is 7.40. The first-order valence-corrected chi connectivity index (χ1v) is 11.8. The number of aryl methyl sites for hydroxylation is 2. The Hall–Kier alpha value is -3.79. The molecule has 0 bridgehead atoms. The number of aromatic nitrogens is 1. The van der Waals surface area contributed by atoms with Gasteiger partial charge in [-0.2, -0.15) is 0 Å². The topological polar surface area (TPSA) is 39.4 Å². The van der Waals surface area contributed by atoms with Gasteiger partial charge in [-0.05, 0) is 54.0 Å². The molecular weight excluding hydrogens is 422 g/mol. The second kappa shape index (κ2) is 6.41. The Morgan fingerprint density at radius 1 is 0.912 bits per heavy atom. The largest absolute Gasteiger partial charge is 0.464 e. The molecule has 0 unspecified atom stereocenters. The molecule has 0 saturated heterocycles. The molecule has 4 heterocycles. The molecule has 0 amide bonds. The summed E-state index contributed by atoms with van der Waals surface area (Å²) in [6, 6.07) is 15.1. The van der Waals surface area contributed by atoms with Gasteiger partial charge in [0.1, 0.15) is 29.3 Å². The number of hydrogen-bond donors (Lipinski definition) is 0. The minimum Gasteiger partial charge on any atom is -0.464 e. The number of ether oxygens (including phenoxy) is 1. The summed E-state index contributed by atoms with van der Waals surface area (Å²) >= 11 is 0. The normalized spacial score (nSPS) is 13.2.